The van der Waals surface area contributed by atoms with E-state index < -0.39 is 0 Å². The lowest BCUT2D eigenvalue weighted by Crippen LogP contribution is -2.49. The molecule has 3 nitrogen and oxygen atoms in total. The normalized spacial score (nSPS) is 39.5. The smallest absolute Gasteiger partial charge is 0.221 e. The molecule has 1 amide bonds. The Balaban J connectivity index is 1.95. The van der Waals surface area contributed by atoms with E-state index in [-0.39, 0.29) is 11.8 Å². The Hall–Kier alpha value is -0.570. The van der Waals surface area contributed by atoms with Crippen molar-refractivity contribution in [3.63, 3.8) is 0 Å². The minimum absolute atomic E-state index is 0.0827. The van der Waals surface area contributed by atoms with Crippen LogP contribution in [0.1, 0.15) is 32.1 Å². The molecule has 3 N–H and O–H groups in total. The molecule has 13 heavy (non-hydrogen) atoms. The summed E-state index contributed by atoms with van der Waals surface area (Å²) in [5.74, 6) is 0.663. The van der Waals surface area contributed by atoms with Crippen LogP contribution in [0.4, 0.5) is 0 Å². The lowest BCUT2D eigenvalue weighted by Gasteiger charge is -2.39. The van der Waals surface area contributed by atoms with Gasteiger partial charge in [-0.25, -0.2) is 0 Å². The van der Waals surface area contributed by atoms with Gasteiger partial charge in [0.05, 0.1) is 5.92 Å². The van der Waals surface area contributed by atoms with Crippen LogP contribution in [0.15, 0.2) is 0 Å². The van der Waals surface area contributed by atoms with Crippen molar-refractivity contribution in [2.24, 2.45) is 17.6 Å². The Kier molecular flexibility index (Phi) is 2.54. The van der Waals surface area contributed by atoms with Gasteiger partial charge in [0.1, 0.15) is 0 Å². The monoisotopic (exact) mass is 182 g/mol. The summed E-state index contributed by atoms with van der Waals surface area (Å²) >= 11 is 0. The molecule has 1 saturated carbocycles. The molecule has 0 spiro atoms. The number of primary amides is 1. The molecule has 1 aliphatic heterocycles. The maximum Gasteiger partial charge on any atom is 0.221 e. The highest BCUT2D eigenvalue weighted by Gasteiger charge is 2.33. The van der Waals surface area contributed by atoms with Gasteiger partial charge in [0.15, 0.2) is 0 Å². The molecule has 74 valence electrons. The summed E-state index contributed by atoms with van der Waals surface area (Å²) in [7, 11) is 0. The van der Waals surface area contributed by atoms with Crippen LogP contribution >= 0.6 is 0 Å². The van der Waals surface area contributed by atoms with Gasteiger partial charge in [-0.2, -0.15) is 0 Å². The van der Waals surface area contributed by atoms with E-state index in [1.165, 1.54) is 25.7 Å². The minimum Gasteiger partial charge on any atom is -0.369 e. The third kappa shape index (κ3) is 1.85. The van der Waals surface area contributed by atoms with Gasteiger partial charge >= 0.3 is 0 Å². The summed E-state index contributed by atoms with van der Waals surface area (Å²) in [6, 6.07) is 0.671. The number of hydrogen-bond acceptors (Lipinski definition) is 2. The highest BCUT2D eigenvalue weighted by atomic mass is 16.1. The second-order valence-electron chi connectivity index (χ2n) is 4.39. The van der Waals surface area contributed by atoms with Crippen LogP contribution in [-0.2, 0) is 4.79 Å². The number of amides is 1. The first-order valence-corrected chi connectivity index (χ1v) is 5.30. The fourth-order valence-electron chi connectivity index (χ4n) is 2.72. The predicted octanol–water partition coefficient (Wildman–Crippen LogP) is 0.640. The number of fused-ring (bicyclic) bond motifs is 1. The van der Waals surface area contributed by atoms with Crippen molar-refractivity contribution in [1.29, 1.82) is 0 Å². The highest BCUT2D eigenvalue weighted by molar-refractivity contribution is 5.77. The van der Waals surface area contributed by atoms with Crippen molar-refractivity contribution in [2.75, 3.05) is 6.54 Å². The number of rotatable bonds is 1. The zero-order valence-corrected chi connectivity index (χ0v) is 7.96. The molecule has 1 aliphatic carbocycles. The molecule has 3 atom stereocenters. The van der Waals surface area contributed by atoms with Gasteiger partial charge in [-0.15, -0.1) is 0 Å². The molecule has 1 heterocycles. The Morgan fingerprint density at radius 3 is 2.85 bits per heavy atom. The number of carbonyl (C=O) groups is 1. The molecule has 0 radical (unpaired) electrons. The van der Waals surface area contributed by atoms with Crippen LogP contribution < -0.4 is 11.1 Å². The molecule has 0 aromatic rings. The van der Waals surface area contributed by atoms with E-state index in [0.29, 0.717) is 12.0 Å². The zero-order valence-electron chi connectivity index (χ0n) is 7.96. The van der Waals surface area contributed by atoms with Crippen LogP contribution in [0.3, 0.4) is 0 Å². The third-order valence-corrected chi connectivity index (χ3v) is 3.53. The molecule has 2 rings (SSSR count). The topological polar surface area (TPSA) is 55.1 Å². The first kappa shape index (κ1) is 9.00. The number of hydrogen-bond donors (Lipinski definition) is 2. The summed E-state index contributed by atoms with van der Waals surface area (Å²) < 4.78 is 0. The average molecular weight is 182 g/mol. The maximum atomic E-state index is 11.0. The molecule has 3 heteroatoms. The van der Waals surface area contributed by atoms with Crippen molar-refractivity contribution in [2.45, 2.75) is 38.1 Å². The largest absolute Gasteiger partial charge is 0.369 e. The Morgan fingerprint density at radius 2 is 2.08 bits per heavy atom. The predicted molar refractivity (Wildman–Crippen MR) is 51.1 cm³/mol. The van der Waals surface area contributed by atoms with E-state index in [9.17, 15) is 4.79 Å². The van der Waals surface area contributed by atoms with E-state index in [4.69, 9.17) is 5.73 Å². The second kappa shape index (κ2) is 3.66. The van der Waals surface area contributed by atoms with E-state index in [1.807, 2.05) is 0 Å². The van der Waals surface area contributed by atoms with Gasteiger partial charge in [0, 0.05) is 12.6 Å². The summed E-state index contributed by atoms with van der Waals surface area (Å²) in [5, 5.41) is 3.45. The summed E-state index contributed by atoms with van der Waals surface area (Å²) in [6.45, 7) is 0.802. The molecular weight excluding hydrogens is 164 g/mol. The van der Waals surface area contributed by atoms with Crippen LogP contribution in [0.5, 0.6) is 0 Å². The average Bonchev–Trinajstić information content (AvgIpc) is 2.17. The van der Waals surface area contributed by atoms with E-state index in [0.717, 1.165) is 13.0 Å². The van der Waals surface area contributed by atoms with Crippen molar-refractivity contribution in [1.82, 2.24) is 5.32 Å². The summed E-state index contributed by atoms with van der Waals surface area (Å²) in [6.07, 6.45) is 6.26. The zero-order chi connectivity index (χ0) is 9.26. The van der Waals surface area contributed by atoms with Crippen LogP contribution in [-0.4, -0.2) is 18.5 Å². The quantitative estimate of drug-likeness (QED) is 0.625. The van der Waals surface area contributed by atoms with Gasteiger partial charge in [0.2, 0.25) is 5.91 Å². The molecular formula is C10H18N2O. The van der Waals surface area contributed by atoms with E-state index in [1.54, 1.807) is 0 Å². The summed E-state index contributed by atoms with van der Waals surface area (Å²) in [4.78, 5) is 11.0. The molecule has 1 saturated heterocycles. The van der Waals surface area contributed by atoms with E-state index >= 15 is 0 Å². The third-order valence-electron chi connectivity index (χ3n) is 3.53. The van der Waals surface area contributed by atoms with Crippen LogP contribution in [0.25, 0.3) is 0 Å². The van der Waals surface area contributed by atoms with Gasteiger partial charge in [0.25, 0.3) is 0 Å². The SMILES string of the molecule is NC(=O)[C@@H]1CNC2CCCCC2C1. The van der Waals surface area contributed by atoms with Crippen molar-refractivity contribution < 1.29 is 4.79 Å². The second-order valence-corrected chi connectivity index (χ2v) is 4.39. The van der Waals surface area contributed by atoms with Gasteiger partial charge in [-0.1, -0.05) is 12.8 Å². The Bertz CT molecular complexity index is 205. The summed E-state index contributed by atoms with van der Waals surface area (Å²) in [5.41, 5.74) is 5.31. The number of nitrogens with two attached hydrogens (primary N) is 1. The van der Waals surface area contributed by atoms with Crippen molar-refractivity contribution in [3.05, 3.63) is 0 Å². The lowest BCUT2D eigenvalue weighted by atomic mass is 9.76. The lowest BCUT2D eigenvalue weighted by molar-refractivity contribution is -0.123. The molecule has 2 fully saturated rings. The molecule has 0 aromatic heterocycles. The van der Waals surface area contributed by atoms with Gasteiger partial charge in [-0.3, -0.25) is 4.79 Å². The fraction of sp³-hybridized carbons (Fsp3) is 0.900. The standard InChI is InChI=1S/C10H18N2O/c11-10(13)8-5-7-3-1-2-4-9(7)12-6-8/h7-9,12H,1-6H2,(H2,11,13)/t7?,8-,9?/m0/s1. The number of carbonyl (C=O) groups excluding carboxylic acids is 1. The van der Waals surface area contributed by atoms with Crippen LogP contribution in [0, 0.1) is 11.8 Å². The molecule has 2 unspecified atom stereocenters. The van der Waals surface area contributed by atoms with Gasteiger partial charge < -0.3 is 11.1 Å². The Labute approximate surface area is 79.1 Å². The van der Waals surface area contributed by atoms with E-state index in [2.05, 4.69) is 5.32 Å². The Morgan fingerprint density at radius 1 is 1.31 bits per heavy atom. The highest BCUT2D eigenvalue weighted by Crippen LogP contribution is 2.32. The van der Waals surface area contributed by atoms with Crippen molar-refractivity contribution in [3.8, 4) is 0 Å². The number of nitrogens with one attached hydrogen (secondary N) is 1. The van der Waals surface area contributed by atoms with Crippen LogP contribution in [0.2, 0.25) is 0 Å². The molecule has 0 bridgehead atoms. The minimum atomic E-state index is -0.128. The molecule has 0 aromatic carbocycles. The van der Waals surface area contributed by atoms with Crippen molar-refractivity contribution >= 4 is 5.91 Å². The maximum absolute atomic E-state index is 11.0. The molecule has 2 aliphatic rings. The first-order valence-electron chi connectivity index (χ1n) is 5.30. The fourth-order valence-corrected chi connectivity index (χ4v) is 2.72. The number of piperidine rings is 1. The van der Waals surface area contributed by atoms with Gasteiger partial charge in [-0.05, 0) is 25.2 Å². The first-order chi connectivity index (χ1) is 6.27.